The topological polar surface area (TPSA) is 49.0 Å². The molecule has 24 heavy (non-hydrogen) atoms. The molecule has 1 N–H and O–H groups in total. The van der Waals surface area contributed by atoms with E-state index in [1.54, 1.807) is 0 Å². The van der Waals surface area contributed by atoms with E-state index in [1.807, 2.05) is 18.2 Å². The van der Waals surface area contributed by atoms with Crippen molar-refractivity contribution in [2.45, 2.75) is 63.8 Å². The summed E-state index contributed by atoms with van der Waals surface area (Å²) in [6.07, 6.45) is 10.6. The van der Waals surface area contributed by atoms with Crippen LogP contribution in [0.4, 0.5) is 0 Å². The number of carbonyl (C=O) groups excluding carboxylic acids is 1. The van der Waals surface area contributed by atoms with Gasteiger partial charge in [-0.15, -0.1) is 0 Å². The first-order valence-corrected chi connectivity index (χ1v) is 9.55. The van der Waals surface area contributed by atoms with Gasteiger partial charge in [0.2, 0.25) is 5.91 Å². The maximum atomic E-state index is 12.8. The quantitative estimate of drug-likeness (QED) is 0.894. The van der Waals surface area contributed by atoms with Crippen molar-refractivity contribution < 1.29 is 4.79 Å². The molecule has 2 heterocycles. The van der Waals surface area contributed by atoms with Crippen LogP contribution in [0.3, 0.4) is 0 Å². The fourth-order valence-corrected chi connectivity index (χ4v) is 4.43. The van der Waals surface area contributed by atoms with Crippen LogP contribution in [0.1, 0.15) is 69.7 Å². The molecule has 1 saturated carbocycles. The summed E-state index contributed by atoms with van der Waals surface area (Å²) in [5, 5.41) is 0. The molecule has 2 fully saturated rings. The van der Waals surface area contributed by atoms with Gasteiger partial charge < -0.3 is 9.88 Å². The van der Waals surface area contributed by atoms with Gasteiger partial charge in [-0.05, 0) is 37.3 Å². The van der Waals surface area contributed by atoms with Gasteiger partial charge >= 0.3 is 0 Å². The van der Waals surface area contributed by atoms with Crippen LogP contribution in [0.15, 0.2) is 24.3 Å². The monoisotopic (exact) mass is 325 g/mol. The minimum atomic E-state index is 0.135. The number of hydrogen-bond acceptors (Lipinski definition) is 2. The van der Waals surface area contributed by atoms with Crippen molar-refractivity contribution >= 4 is 16.9 Å². The molecule has 0 bridgehead atoms. The fourth-order valence-electron chi connectivity index (χ4n) is 4.43. The average Bonchev–Trinajstić information content (AvgIpc) is 3.26. The molecular weight excluding hydrogens is 298 g/mol. The van der Waals surface area contributed by atoms with Gasteiger partial charge in [0, 0.05) is 13.0 Å². The molecule has 2 aromatic rings. The van der Waals surface area contributed by atoms with E-state index in [4.69, 9.17) is 4.98 Å². The van der Waals surface area contributed by atoms with Gasteiger partial charge in [0.05, 0.1) is 17.1 Å². The average molecular weight is 325 g/mol. The summed E-state index contributed by atoms with van der Waals surface area (Å²) in [5.74, 6) is 2.05. The molecule has 2 aliphatic rings. The van der Waals surface area contributed by atoms with E-state index in [2.05, 4.69) is 16.0 Å². The Morgan fingerprint density at radius 1 is 1.12 bits per heavy atom. The highest BCUT2D eigenvalue weighted by Crippen LogP contribution is 2.33. The molecule has 1 amide bonds. The largest absolute Gasteiger partial charge is 0.340 e. The molecule has 4 heteroatoms. The molecule has 1 aromatic heterocycles. The minimum Gasteiger partial charge on any atom is -0.340 e. The van der Waals surface area contributed by atoms with Crippen molar-refractivity contribution in [1.82, 2.24) is 14.9 Å². The van der Waals surface area contributed by atoms with E-state index in [0.29, 0.717) is 12.3 Å². The Bertz CT molecular complexity index is 669. The van der Waals surface area contributed by atoms with Crippen molar-refractivity contribution in [3.8, 4) is 0 Å². The molecule has 1 aliphatic heterocycles. The van der Waals surface area contributed by atoms with Crippen molar-refractivity contribution in [3.05, 3.63) is 30.1 Å². The zero-order valence-electron chi connectivity index (χ0n) is 14.3. The number of rotatable bonds is 4. The molecule has 1 atom stereocenters. The van der Waals surface area contributed by atoms with Crippen molar-refractivity contribution in [1.29, 1.82) is 0 Å². The van der Waals surface area contributed by atoms with Crippen LogP contribution in [-0.2, 0) is 4.79 Å². The number of aromatic nitrogens is 2. The Labute approximate surface area is 143 Å². The van der Waals surface area contributed by atoms with E-state index in [-0.39, 0.29) is 6.04 Å². The summed E-state index contributed by atoms with van der Waals surface area (Å²) in [5.41, 5.74) is 2.06. The number of nitrogens with one attached hydrogen (secondary N) is 1. The number of hydrogen-bond donors (Lipinski definition) is 1. The summed E-state index contributed by atoms with van der Waals surface area (Å²) < 4.78 is 0. The molecule has 128 valence electrons. The highest BCUT2D eigenvalue weighted by atomic mass is 16.2. The number of fused-ring (bicyclic) bond motifs is 1. The van der Waals surface area contributed by atoms with Gasteiger partial charge in [0.25, 0.3) is 0 Å². The lowest BCUT2D eigenvalue weighted by atomic mass is 9.86. The Hall–Kier alpha value is -1.84. The molecule has 1 aromatic carbocycles. The number of amides is 1. The summed E-state index contributed by atoms with van der Waals surface area (Å²) in [6, 6.07) is 8.24. The van der Waals surface area contributed by atoms with Gasteiger partial charge in [0.1, 0.15) is 5.82 Å². The predicted octanol–water partition coefficient (Wildman–Crippen LogP) is 4.59. The highest BCUT2D eigenvalue weighted by molar-refractivity contribution is 5.78. The number of aromatic amines is 1. The first-order valence-electron chi connectivity index (χ1n) is 9.55. The molecule has 4 rings (SSSR count). The Balaban J connectivity index is 1.42. The van der Waals surface area contributed by atoms with Crippen molar-refractivity contribution in [2.75, 3.05) is 6.54 Å². The van der Waals surface area contributed by atoms with Crippen LogP contribution >= 0.6 is 0 Å². The van der Waals surface area contributed by atoms with E-state index < -0.39 is 0 Å². The first-order chi connectivity index (χ1) is 11.8. The molecule has 4 nitrogen and oxygen atoms in total. The second-order valence-electron chi connectivity index (χ2n) is 7.43. The van der Waals surface area contributed by atoms with Crippen LogP contribution in [-0.4, -0.2) is 27.3 Å². The van der Waals surface area contributed by atoms with Crippen LogP contribution in [0.2, 0.25) is 0 Å². The molecule has 1 aliphatic carbocycles. The Morgan fingerprint density at radius 3 is 2.79 bits per heavy atom. The molecule has 0 spiro atoms. The molecule has 1 saturated heterocycles. The molecule has 0 radical (unpaired) electrons. The van der Waals surface area contributed by atoms with Gasteiger partial charge in [0.15, 0.2) is 0 Å². The lowest BCUT2D eigenvalue weighted by Crippen LogP contribution is -2.31. The lowest BCUT2D eigenvalue weighted by Gasteiger charge is -2.25. The maximum Gasteiger partial charge on any atom is 0.223 e. The molecular formula is C20H27N3O. The van der Waals surface area contributed by atoms with E-state index in [1.165, 1.54) is 32.1 Å². The SMILES string of the molecule is O=C(CCC1CCCCC1)N1CCCC1c1nc2ccccc2[nH]1. The van der Waals surface area contributed by atoms with Gasteiger partial charge in [-0.1, -0.05) is 44.2 Å². The zero-order chi connectivity index (χ0) is 16.4. The number of para-hydroxylation sites is 2. The van der Waals surface area contributed by atoms with Crippen LogP contribution in [0, 0.1) is 5.92 Å². The van der Waals surface area contributed by atoms with E-state index in [0.717, 1.165) is 48.6 Å². The van der Waals surface area contributed by atoms with Crippen molar-refractivity contribution in [2.24, 2.45) is 5.92 Å². The van der Waals surface area contributed by atoms with Crippen molar-refractivity contribution in [3.63, 3.8) is 0 Å². The van der Waals surface area contributed by atoms with Gasteiger partial charge in [-0.25, -0.2) is 4.98 Å². The van der Waals surface area contributed by atoms with Crippen LogP contribution < -0.4 is 0 Å². The second kappa shape index (κ2) is 6.96. The molecule has 1 unspecified atom stereocenters. The van der Waals surface area contributed by atoms with E-state index in [9.17, 15) is 4.79 Å². The van der Waals surface area contributed by atoms with Gasteiger partial charge in [-0.2, -0.15) is 0 Å². The number of carbonyl (C=O) groups is 1. The lowest BCUT2D eigenvalue weighted by molar-refractivity contribution is -0.132. The Kier molecular flexibility index (Phi) is 4.54. The minimum absolute atomic E-state index is 0.135. The number of H-pyrrole nitrogens is 1. The standard InChI is InChI=1S/C20H27N3O/c24-19(13-12-15-7-2-1-3-8-15)23-14-6-11-18(23)20-21-16-9-4-5-10-17(16)22-20/h4-5,9-10,15,18H,1-3,6-8,11-14H2,(H,21,22). The van der Waals surface area contributed by atoms with Crippen LogP contribution in [0.25, 0.3) is 11.0 Å². The zero-order valence-corrected chi connectivity index (χ0v) is 14.3. The first kappa shape index (κ1) is 15.7. The third-order valence-corrected chi connectivity index (χ3v) is 5.79. The highest BCUT2D eigenvalue weighted by Gasteiger charge is 2.32. The van der Waals surface area contributed by atoms with E-state index >= 15 is 0 Å². The number of nitrogens with zero attached hydrogens (tertiary/aromatic N) is 2. The summed E-state index contributed by atoms with van der Waals surface area (Å²) in [4.78, 5) is 23.0. The normalized spacial score (nSPS) is 22.3. The smallest absolute Gasteiger partial charge is 0.223 e. The summed E-state index contributed by atoms with van der Waals surface area (Å²) in [7, 11) is 0. The fraction of sp³-hybridized carbons (Fsp3) is 0.600. The van der Waals surface area contributed by atoms with Crippen LogP contribution in [0.5, 0.6) is 0 Å². The number of likely N-dealkylation sites (tertiary alicyclic amines) is 1. The van der Waals surface area contributed by atoms with Gasteiger partial charge in [-0.3, -0.25) is 4.79 Å². The Morgan fingerprint density at radius 2 is 1.96 bits per heavy atom. The summed E-state index contributed by atoms with van der Waals surface area (Å²) >= 11 is 0. The maximum absolute atomic E-state index is 12.8. The third-order valence-electron chi connectivity index (χ3n) is 5.79. The predicted molar refractivity (Wildman–Crippen MR) is 95.6 cm³/mol. The number of benzene rings is 1. The summed E-state index contributed by atoms with van der Waals surface area (Å²) in [6.45, 7) is 0.880. The number of imidazole rings is 1. The second-order valence-corrected chi connectivity index (χ2v) is 7.43. The third kappa shape index (κ3) is 3.19.